The summed E-state index contributed by atoms with van der Waals surface area (Å²) in [6, 6.07) is 17.1. The summed E-state index contributed by atoms with van der Waals surface area (Å²) in [5, 5.41) is 6.31. The molecule has 0 fully saturated rings. The van der Waals surface area contributed by atoms with E-state index in [0.29, 0.717) is 22.0 Å². The first-order chi connectivity index (χ1) is 15.4. The predicted molar refractivity (Wildman–Crippen MR) is 123 cm³/mol. The minimum Gasteiger partial charge on any atom is -0.350 e. The van der Waals surface area contributed by atoms with Crippen LogP contribution >= 0.6 is 11.6 Å². The molecular formula is C24H19ClN4O3. The van der Waals surface area contributed by atoms with Gasteiger partial charge in [-0.2, -0.15) is 0 Å². The summed E-state index contributed by atoms with van der Waals surface area (Å²) in [7, 11) is 0. The van der Waals surface area contributed by atoms with Crippen molar-refractivity contribution < 1.29 is 14.4 Å². The number of anilines is 2. The molecule has 2 aromatic carbocycles. The van der Waals surface area contributed by atoms with Crippen molar-refractivity contribution in [3.8, 4) is 0 Å². The van der Waals surface area contributed by atoms with Crippen LogP contribution in [0.15, 0.2) is 78.8 Å². The molecule has 0 saturated heterocycles. The van der Waals surface area contributed by atoms with Crippen molar-refractivity contribution >= 4 is 46.3 Å². The van der Waals surface area contributed by atoms with Crippen LogP contribution in [0.25, 0.3) is 5.57 Å². The molecule has 0 aliphatic carbocycles. The molecule has 1 aromatic heterocycles. The highest BCUT2D eigenvalue weighted by atomic mass is 35.5. The topological polar surface area (TPSA) is 91.4 Å². The van der Waals surface area contributed by atoms with Crippen LogP contribution in [0.5, 0.6) is 0 Å². The van der Waals surface area contributed by atoms with E-state index >= 15 is 0 Å². The summed E-state index contributed by atoms with van der Waals surface area (Å²) in [6.07, 6.45) is 3.23. The van der Waals surface area contributed by atoms with E-state index in [2.05, 4.69) is 15.6 Å². The molecule has 2 N–H and O–H groups in total. The van der Waals surface area contributed by atoms with E-state index in [4.69, 9.17) is 11.6 Å². The number of hydrogen-bond donors (Lipinski definition) is 2. The maximum absolute atomic E-state index is 13.3. The molecule has 0 spiro atoms. The molecule has 1 aliphatic heterocycles. The number of carbonyl (C=O) groups excluding carboxylic acids is 3. The number of imide groups is 1. The Morgan fingerprint density at radius 3 is 2.16 bits per heavy atom. The maximum Gasteiger partial charge on any atom is 0.278 e. The Hall–Kier alpha value is -3.97. The van der Waals surface area contributed by atoms with Crippen LogP contribution in [0.4, 0.5) is 11.4 Å². The normalized spacial score (nSPS) is 13.5. The minimum atomic E-state index is -0.428. The van der Waals surface area contributed by atoms with E-state index in [0.717, 1.165) is 5.56 Å². The Morgan fingerprint density at radius 1 is 0.906 bits per heavy atom. The van der Waals surface area contributed by atoms with Crippen molar-refractivity contribution in [2.75, 3.05) is 10.6 Å². The van der Waals surface area contributed by atoms with Crippen LogP contribution in [-0.4, -0.2) is 27.6 Å². The highest BCUT2D eigenvalue weighted by Crippen LogP contribution is 2.32. The number of carbonyl (C=O) groups is 3. The second-order valence-electron chi connectivity index (χ2n) is 7.19. The summed E-state index contributed by atoms with van der Waals surface area (Å²) < 4.78 is 0. The predicted octanol–water partition coefficient (Wildman–Crippen LogP) is 4.09. The largest absolute Gasteiger partial charge is 0.350 e. The van der Waals surface area contributed by atoms with Gasteiger partial charge in [-0.25, -0.2) is 0 Å². The van der Waals surface area contributed by atoms with Gasteiger partial charge in [0.2, 0.25) is 5.91 Å². The van der Waals surface area contributed by atoms with Crippen LogP contribution in [0.3, 0.4) is 0 Å². The van der Waals surface area contributed by atoms with Crippen molar-refractivity contribution in [2.24, 2.45) is 0 Å². The van der Waals surface area contributed by atoms with Gasteiger partial charge in [0.1, 0.15) is 5.70 Å². The molecule has 0 atom stereocenters. The Morgan fingerprint density at radius 2 is 1.53 bits per heavy atom. The zero-order valence-electron chi connectivity index (χ0n) is 17.1. The second kappa shape index (κ2) is 9.03. The van der Waals surface area contributed by atoms with Crippen LogP contribution in [-0.2, 0) is 20.9 Å². The Kier molecular flexibility index (Phi) is 6.00. The van der Waals surface area contributed by atoms with Gasteiger partial charge in [-0.1, -0.05) is 23.7 Å². The number of hydrogen-bond acceptors (Lipinski definition) is 5. The van der Waals surface area contributed by atoms with E-state index in [9.17, 15) is 14.4 Å². The highest BCUT2D eigenvalue weighted by Gasteiger charge is 2.39. The number of aromatic nitrogens is 1. The Balaban J connectivity index is 1.68. The zero-order valence-corrected chi connectivity index (χ0v) is 17.9. The first kappa shape index (κ1) is 21.3. The zero-order chi connectivity index (χ0) is 22.7. The van der Waals surface area contributed by atoms with Crippen LogP contribution in [0.2, 0.25) is 5.02 Å². The molecule has 0 radical (unpaired) electrons. The monoisotopic (exact) mass is 446 g/mol. The van der Waals surface area contributed by atoms with Crippen LogP contribution < -0.4 is 10.6 Å². The fraction of sp³-hybridized carbons (Fsp3) is 0.0833. The van der Waals surface area contributed by atoms with Gasteiger partial charge in [-0.15, -0.1) is 0 Å². The van der Waals surface area contributed by atoms with E-state index in [1.165, 1.54) is 11.8 Å². The molecule has 8 heteroatoms. The van der Waals surface area contributed by atoms with Crippen molar-refractivity contribution in [1.82, 2.24) is 9.88 Å². The summed E-state index contributed by atoms with van der Waals surface area (Å²) in [4.78, 5) is 43.0. The lowest BCUT2D eigenvalue weighted by Crippen LogP contribution is -2.32. The fourth-order valence-corrected chi connectivity index (χ4v) is 3.50. The van der Waals surface area contributed by atoms with Gasteiger partial charge in [0, 0.05) is 35.7 Å². The highest BCUT2D eigenvalue weighted by molar-refractivity contribution is 6.36. The maximum atomic E-state index is 13.3. The third kappa shape index (κ3) is 4.53. The first-order valence-electron chi connectivity index (χ1n) is 9.82. The summed E-state index contributed by atoms with van der Waals surface area (Å²) in [5.41, 5.74) is 3.06. The summed E-state index contributed by atoms with van der Waals surface area (Å²) >= 11 is 6.01. The average molecular weight is 447 g/mol. The molecule has 4 rings (SSSR count). The quantitative estimate of drug-likeness (QED) is 0.556. The lowest BCUT2D eigenvalue weighted by molar-refractivity contribution is -0.137. The van der Waals surface area contributed by atoms with Gasteiger partial charge in [0.25, 0.3) is 11.8 Å². The Bertz CT molecular complexity index is 1210. The molecule has 0 saturated carbocycles. The first-order valence-corrected chi connectivity index (χ1v) is 10.2. The van der Waals surface area contributed by atoms with Crippen molar-refractivity contribution in [3.63, 3.8) is 0 Å². The number of nitrogens with one attached hydrogen (secondary N) is 2. The lowest BCUT2D eigenvalue weighted by Gasteiger charge is -2.15. The third-order valence-corrected chi connectivity index (χ3v) is 5.12. The van der Waals surface area contributed by atoms with Crippen LogP contribution in [0, 0.1) is 0 Å². The number of nitrogens with zero attached hydrogens (tertiary/aromatic N) is 2. The molecule has 7 nitrogen and oxygen atoms in total. The summed E-state index contributed by atoms with van der Waals surface area (Å²) in [5.74, 6) is -1.00. The van der Waals surface area contributed by atoms with Gasteiger partial charge in [0.15, 0.2) is 0 Å². The summed E-state index contributed by atoms with van der Waals surface area (Å²) in [6.45, 7) is 1.56. The SMILES string of the molecule is CC(=O)Nc1ccc(NC2=C(c3ccc(Cl)cc3)C(=O)N(Cc3ccncc3)C2=O)cc1. The Labute approximate surface area is 189 Å². The molecule has 160 valence electrons. The molecule has 3 amide bonds. The van der Waals surface area contributed by atoms with Gasteiger partial charge in [-0.3, -0.25) is 24.3 Å². The van der Waals surface area contributed by atoms with Crippen molar-refractivity contribution in [3.05, 3.63) is 94.9 Å². The average Bonchev–Trinajstić information content (AvgIpc) is 3.00. The number of halogens is 1. The van der Waals surface area contributed by atoms with Crippen molar-refractivity contribution in [2.45, 2.75) is 13.5 Å². The standard InChI is InChI=1S/C24H19ClN4O3/c1-15(30)27-19-6-8-20(9-7-19)28-22-21(17-2-4-18(25)5-3-17)23(31)29(24(22)32)14-16-10-12-26-13-11-16/h2-13,28H,14H2,1H3,(H,27,30). The number of benzene rings is 2. The minimum absolute atomic E-state index is 0.129. The molecule has 0 bridgehead atoms. The van der Waals surface area contributed by atoms with Gasteiger partial charge < -0.3 is 10.6 Å². The van der Waals surface area contributed by atoms with Crippen LogP contribution in [0.1, 0.15) is 18.1 Å². The second-order valence-corrected chi connectivity index (χ2v) is 7.63. The van der Waals surface area contributed by atoms with Gasteiger partial charge in [-0.05, 0) is 59.7 Å². The molecular weight excluding hydrogens is 428 g/mol. The number of amides is 3. The van der Waals surface area contributed by atoms with E-state index in [-0.39, 0.29) is 23.7 Å². The molecule has 1 aliphatic rings. The molecule has 0 unspecified atom stereocenters. The van der Waals surface area contributed by atoms with Crippen molar-refractivity contribution in [1.29, 1.82) is 0 Å². The van der Waals surface area contributed by atoms with Gasteiger partial charge in [0.05, 0.1) is 12.1 Å². The number of pyridine rings is 1. The third-order valence-electron chi connectivity index (χ3n) is 4.87. The van der Waals surface area contributed by atoms with E-state index in [1.54, 1.807) is 73.1 Å². The molecule has 3 aromatic rings. The van der Waals surface area contributed by atoms with Gasteiger partial charge >= 0.3 is 0 Å². The number of rotatable bonds is 6. The molecule has 32 heavy (non-hydrogen) atoms. The van der Waals surface area contributed by atoms with E-state index < -0.39 is 11.8 Å². The lowest BCUT2D eigenvalue weighted by atomic mass is 10.0. The molecule has 2 heterocycles. The fourth-order valence-electron chi connectivity index (χ4n) is 3.38. The smallest absolute Gasteiger partial charge is 0.278 e. The van der Waals surface area contributed by atoms with E-state index in [1.807, 2.05) is 0 Å².